The number of benzene rings is 4. The van der Waals surface area contributed by atoms with Gasteiger partial charge >= 0.3 is 11.9 Å². The molecule has 0 heterocycles. The molecular weight excluding hydrogens is 440 g/mol. The second-order valence-corrected chi connectivity index (χ2v) is 7.40. The van der Waals surface area contributed by atoms with Crippen molar-refractivity contribution in [1.29, 1.82) is 0 Å². The van der Waals surface area contributed by atoms with Crippen LogP contribution < -0.4 is 9.47 Å². The molecule has 8 heteroatoms. The van der Waals surface area contributed by atoms with Crippen LogP contribution in [0.5, 0.6) is 23.0 Å². The Morgan fingerprint density at radius 1 is 0.647 bits per heavy atom. The second kappa shape index (κ2) is 8.82. The van der Waals surface area contributed by atoms with Crippen molar-refractivity contribution in [2.45, 2.75) is 0 Å². The molecule has 34 heavy (non-hydrogen) atoms. The number of esters is 2. The number of hydrogen-bond donors (Lipinski definition) is 2. The minimum absolute atomic E-state index is 0.0769. The number of fused-ring (bicyclic) bond motifs is 2. The Kier molecular flexibility index (Phi) is 5.89. The van der Waals surface area contributed by atoms with Crippen molar-refractivity contribution in [3.05, 3.63) is 59.7 Å². The van der Waals surface area contributed by atoms with Gasteiger partial charge < -0.3 is 29.2 Å². The highest BCUT2D eigenvalue weighted by Crippen LogP contribution is 2.51. The molecule has 4 rings (SSSR count). The maximum absolute atomic E-state index is 12.5. The van der Waals surface area contributed by atoms with Crippen LogP contribution in [0.25, 0.3) is 32.7 Å². The molecule has 8 nitrogen and oxygen atoms in total. The molecule has 2 N–H and O–H groups in total. The van der Waals surface area contributed by atoms with E-state index < -0.39 is 23.4 Å². The molecule has 0 spiro atoms. The predicted molar refractivity (Wildman–Crippen MR) is 126 cm³/mol. The summed E-state index contributed by atoms with van der Waals surface area (Å²) in [5, 5.41) is 24.7. The summed E-state index contributed by atoms with van der Waals surface area (Å²) in [6, 6.07) is 13.2. The van der Waals surface area contributed by atoms with Crippen molar-refractivity contribution in [2.24, 2.45) is 0 Å². The second-order valence-electron chi connectivity index (χ2n) is 7.40. The minimum atomic E-state index is -0.775. The molecule has 0 saturated heterocycles. The first kappa shape index (κ1) is 22.7. The molecule has 0 bridgehead atoms. The number of rotatable bonds is 5. The zero-order chi connectivity index (χ0) is 24.6. The SMILES string of the molecule is COC(=O)c1cc2cccc(OC)c2c(-c2c(O)c(C(=O)OC)cc3cccc(OC)c23)c1O. The third-order valence-corrected chi connectivity index (χ3v) is 5.70. The first-order chi connectivity index (χ1) is 16.4. The highest BCUT2D eigenvalue weighted by molar-refractivity contribution is 6.18. The van der Waals surface area contributed by atoms with Crippen LogP contribution in [-0.4, -0.2) is 50.6 Å². The van der Waals surface area contributed by atoms with Crippen LogP contribution in [0.1, 0.15) is 20.7 Å². The molecule has 0 atom stereocenters. The molecule has 0 fully saturated rings. The molecule has 0 saturated carbocycles. The summed E-state index contributed by atoms with van der Waals surface area (Å²) < 4.78 is 20.8. The number of methoxy groups -OCH3 is 4. The molecule has 4 aromatic carbocycles. The van der Waals surface area contributed by atoms with E-state index in [2.05, 4.69) is 0 Å². The largest absolute Gasteiger partial charge is 0.506 e. The fraction of sp³-hybridized carbons (Fsp3) is 0.154. The van der Waals surface area contributed by atoms with Gasteiger partial charge in [-0.1, -0.05) is 24.3 Å². The van der Waals surface area contributed by atoms with Gasteiger partial charge in [0.05, 0.1) is 28.4 Å². The third-order valence-electron chi connectivity index (χ3n) is 5.70. The average Bonchev–Trinajstić information content (AvgIpc) is 2.86. The van der Waals surface area contributed by atoms with E-state index in [0.717, 1.165) is 0 Å². The number of carbonyl (C=O) groups excluding carboxylic acids is 2. The lowest BCUT2D eigenvalue weighted by atomic mass is 9.88. The van der Waals surface area contributed by atoms with Gasteiger partial charge in [-0.3, -0.25) is 0 Å². The van der Waals surface area contributed by atoms with Gasteiger partial charge in [-0.15, -0.1) is 0 Å². The van der Waals surface area contributed by atoms with Crippen LogP contribution in [0.3, 0.4) is 0 Å². The predicted octanol–water partition coefficient (Wildman–Crippen LogP) is 4.66. The van der Waals surface area contributed by atoms with Crippen molar-refractivity contribution in [3.8, 4) is 34.1 Å². The lowest BCUT2D eigenvalue weighted by Crippen LogP contribution is -2.05. The van der Waals surface area contributed by atoms with E-state index in [1.807, 2.05) is 0 Å². The van der Waals surface area contributed by atoms with Gasteiger partial charge in [-0.2, -0.15) is 0 Å². The zero-order valence-corrected chi connectivity index (χ0v) is 19.0. The van der Waals surface area contributed by atoms with Crippen molar-refractivity contribution in [3.63, 3.8) is 0 Å². The van der Waals surface area contributed by atoms with Crippen LogP contribution in [0.4, 0.5) is 0 Å². The Bertz CT molecular complexity index is 1340. The van der Waals surface area contributed by atoms with Gasteiger partial charge in [-0.25, -0.2) is 9.59 Å². The van der Waals surface area contributed by atoms with Gasteiger partial charge in [0.1, 0.15) is 34.1 Å². The Labute approximate surface area is 194 Å². The monoisotopic (exact) mass is 462 g/mol. The maximum Gasteiger partial charge on any atom is 0.341 e. The highest BCUT2D eigenvalue weighted by atomic mass is 16.5. The van der Waals surface area contributed by atoms with Crippen LogP contribution in [0.2, 0.25) is 0 Å². The van der Waals surface area contributed by atoms with Gasteiger partial charge in [0.25, 0.3) is 0 Å². The number of phenols is 2. The molecule has 0 aliphatic heterocycles. The molecule has 174 valence electrons. The normalized spacial score (nSPS) is 10.8. The first-order valence-corrected chi connectivity index (χ1v) is 10.2. The Hall–Kier alpha value is -4.46. The number of hydrogen-bond acceptors (Lipinski definition) is 8. The fourth-order valence-corrected chi connectivity index (χ4v) is 4.18. The summed E-state index contributed by atoms with van der Waals surface area (Å²) in [5.74, 6) is -1.69. The van der Waals surface area contributed by atoms with E-state index in [4.69, 9.17) is 18.9 Å². The summed E-state index contributed by atoms with van der Waals surface area (Å²) in [7, 11) is 5.33. The lowest BCUT2D eigenvalue weighted by Gasteiger charge is -2.20. The van der Waals surface area contributed by atoms with Crippen molar-refractivity contribution in [2.75, 3.05) is 28.4 Å². The number of carbonyl (C=O) groups is 2. The Morgan fingerprint density at radius 3 is 1.35 bits per heavy atom. The Morgan fingerprint density at radius 2 is 1.03 bits per heavy atom. The molecule has 0 aromatic heterocycles. The van der Waals surface area contributed by atoms with Crippen LogP contribution in [0.15, 0.2) is 48.5 Å². The van der Waals surface area contributed by atoms with E-state index in [0.29, 0.717) is 33.0 Å². The molecule has 0 aliphatic rings. The summed E-state index contributed by atoms with van der Waals surface area (Å²) in [5.41, 5.74) is -0.0884. The summed E-state index contributed by atoms with van der Waals surface area (Å²) in [6.07, 6.45) is 0. The Balaban J connectivity index is 2.33. The molecule has 0 aliphatic carbocycles. The summed E-state index contributed by atoms with van der Waals surface area (Å²) in [4.78, 5) is 25.1. The van der Waals surface area contributed by atoms with E-state index in [-0.39, 0.29) is 22.3 Å². The molecule has 0 radical (unpaired) electrons. The van der Waals surface area contributed by atoms with Gasteiger partial charge in [0.2, 0.25) is 0 Å². The first-order valence-electron chi connectivity index (χ1n) is 10.2. The fourth-order valence-electron chi connectivity index (χ4n) is 4.18. The van der Waals surface area contributed by atoms with E-state index in [9.17, 15) is 19.8 Å². The van der Waals surface area contributed by atoms with Crippen molar-refractivity contribution < 1.29 is 38.7 Å². The topological polar surface area (TPSA) is 112 Å². The van der Waals surface area contributed by atoms with Crippen molar-refractivity contribution in [1.82, 2.24) is 0 Å². The summed E-state index contributed by atoms with van der Waals surface area (Å²) >= 11 is 0. The van der Waals surface area contributed by atoms with Crippen LogP contribution in [0, 0.1) is 0 Å². The smallest absolute Gasteiger partial charge is 0.341 e. The van der Waals surface area contributed by atoms with E-state index in [1.165, 1.54) is 40.6 Å². The standard InChI is InChI=1S/C26H22O8/c1-31-17-9-5-7-13-11-15(25(29)33-3)23(27)21(19(13)17)22-20-14(8-6-10-18(20)32-2)12-16(24(22)28)26(30)34-4/h5-12,27-28H,1-4H3. The quantitative estimate of drug-likeness (QED) is 0.412. The molecule has 4 aromatic rings. The average molecular weight is 462 g/mol. The number of phenolic OH excluding ortho intramolecular Hbond substituents is 2. The zero-order valence-electron chi connectivity index (χ0n) is 19.0. The lowest BCUT2D eigenvalue weighted by molar-refractivity contribution is 0.0588. The van der Waals surface area contributed by atoms with Crippen molar-refractivity contribution >= 4 is 33.5 Å². The van der Waals surface area contributed by atoms with E-state index in [1.54, 1.807) is 36.4 Å². The van der Waals surface area contributed by atoms with Gasteiger partial charge in [-0.05, 0) is 35.0 Å². The third kappa shape index (κ3) is 3.40. The summed E-state index contributed by atoms with van der Waals surface area (Å²) in [6.45, 7) is 0. The molecule has 0 amide bonds. The minimum Gasteiger partial charge on any atom is -0.506 e. The molecular formula is C26H22O8. The van der Waals surface area contributed by atoms with Crippen LogP contribution >= 0.6 is 0 Å². The van der Waals surface area contributed by atoms with E-state index >= 15 is 0 Å². The van der Waals surface area contributed by atoms with Crippen LogP contribution in [-0.2, 0) is 9.47 Å². The maximum atomic E-state index is 12.5. The number of ether oxygens (including phenoxy) is 4. The van der Waals surface area contributed by atoms with Gasteiger partial charge in [0, 0.05) is 21.9 Å². The van der Waals surface area contributed by atoms with Gasteiger partial charge in [0.15, 0.2) is 0 Å². The molecule has 0 unspecified atom stereocenters. The number of aromatic hydroxyl groups is 2. The highest BCUT2D eigenvalue weighted by Gasteiger charge is 2.29.